The number of amides is 1. The van der Waals surface area contributed by atoms with Gasteiger partial charge in [0.1, 0.15) is 5.78 Å². The Kier molecular flexibility index (Phi) is 4.31. The highest BCUT2D eigenvalue weighted by molar-refractivity contribution is 6.04. The molecule has 0 aliphatic rings. The van der Waals surface area contributed by atoms with Crippen LogP contribution in [0.3, 0.4) is 0 Å². The Morgan fingerprint density at radius 2 is 1.70 bits per heavy atom. The van der Waals surface area contributed by atoms with Gasteiger partial charge < -0.3 is 5.32 Å². The number of ketones is 1. The molecule has 0 aromatic heterocycles. The molecular weight excluding hydrogens is 250 g/mol. The first kappa shape index (κ1) is 14.0. The Balaban J connectivity index is 2.26. The number of carbonyl (C=O) groups excluding carboxylic acids is 2. The summed E-state index contributed by atoms with van der Waals surface area (Å²) in [4.78, 5) is 22.6. The second kappa shape index (κ2) is 6.15. The van der Waals surface area contributed by atoms with E-state index >= 15 is 0 Å². The standard InChI is InChI=1S/C17H17NO2/c1-12-8-9-15(14-6-4-3-5-7-14)11-16(12)18-17(20)10-13(2)19/h3-9,11H,10H2,1-2H3,(H,18,20). The summed E-state index contributed by atoms with van der Waals surface area (Å²) >= 11 is 0. The van der Waals surface area contributed by atoms with Gasteiger partial charge in [-0.3, -0.25) is 9.59 Å². The lowest BCUT2D eigenvalue weighted by Gasteiger charge is -2.10. The quantitative estimate of drug-likeness (QED) is 0.861. The molecule has 0 saturated heterocycles. The summed E-state index contributed by atoms with van der Waals surface area (Å²) in [6.07, 6.45) is -0.0883. The lowest BCUT2D eigenvalue weighted by molar-refractivity contribution is -0.124. The third-order valence-electron chi connectivity index (χ3n) is 3.03. The third kappa shape index (κ3) is 3.54. The van der Waals surface area contributed by atoms with E-state index in [1.165, 1.54) is 6.92 Å². The number of hydrogen-bond donors (Lipinski definition) is 1. The highest BCUT2D eigenvalue weighted by Crippen LogP contribution is 2.25. The van der Waals surface area contributed by atoms with Gasteiger partial charge in [-0.05, 0) is 36.6 Å². The van der Waals surface area contributed by atoms with Gasteiger partial charge in [-0.15, -0.1) is 0 Å². The summed E-state index contributed by atoms with van der Waals surface area (Å²) < 4.78 is 0. The van der Waals surface area contributed by atoms with Crippen molar-refractivity contribution in [2.24, 2.45) is 0 Å². The van der Waals surface area contributed by atoms with Crippen molar-refractivity contribution in [2.75, 3.05) is 5.32 Å². The molecule has 0 spiro atoms. The van der Waals surface area contributed by atoms with E-state index in [1.807, 2.05) is 55.5 Å². The minimum atomic E-state index is -0.272. The Hall–Kier alpha value is -2.42. The third-order valence-corrected chi connectivity index (χ3v) is 3.03. The van der Waals surface area contributed by atoms with E-state index in [4.69, 9.17) is 0 Å². The number of aryl methyl sites for hydroxylation is 1. The van der Waals surface area contributed by atoms with Crippen LogP contribution in [0.15, 0.2) is 48.5 Å². The molecule has 0 aliphatic heterocycles. The van der Waals surface area contributed by atoms with Crippen molar-refractivity contribution in [1.82, 2.24) is 0 Å². The molecule has 0 fully saturated rings. The molecule has 2 aromatic rings. The van der Waals surface area contributed by atoms with Crippen molar-refractivity contribution in [3.8, 4) is 11.1 Å². The molecule has 0 radical (unpaired) electrons. The van der Waals surface area contributed by atoms with E-state index in [2.05, 4.69) is 5.32 Å². The molecule has 2 aromatic carbocycles. The summed E-state index contributed by atoms with van der Waals surface area (Å²) in [5.41, 5.74) is 3.85. The molecule has 1 N–H and O–H groups in total. The number of benzene rings is 2. The van der Waals surface area contributed by atoms with E-state index in [1.54, 1.807) is 0 Å². The second-order valence-corrected chi connectivity index (χ2v) is 4.82. The molecule has 0 saturated carbocycles. The summed E-state index contributed by atoms with van der Waals surface area (Å²) in [6.45, 7) is 3.34. The number of hydrogen-bond acceptors (Lipinski definition) is 2. The number of rotatable bonds is 4. The average molecular weight is 267 g/mol. The van der Waals surface area contributed by atoms with Crippen molar-refractivity contribution in [3.05, 3.63) is 54.1 Å². The maximum Gasteiger partial charge on any atom is 0.231 e. The molecule has 0 heterocycles. The largest absolute Gasteiger partial charge is 0.325 e. The van der Waals surface area contributed by atoms with E-state index < -0.39 is 0 Å². The summed E-state index contributed by atoms with van der Waals surface area (Å²) in [5.74, 6) is -0.412. The summed E-state index contributed by atoms with van der Waals surface area (Å²) in [7, 11) is 0. The van der Waals surface area contributed by atoms with E-state index in [-0.39, 0.29) is 18.1 Å². The summed E-state index contributed by atoms with van der Waals surface area (Å²) in [6, 6.07) is 15.9. The van der Waals surface area contributed by atoms with Crippen LogP contribution in [0.4, 0.5) is 5.69 Å². The molecule has 3 nitrogen and oxygen atoms in total. The Bertz CT molecular complexity index is 633. The van der Waals surface area contributed by atoms with E-state index in [9.17, 15) is 9.59 Å². The lowest BCUT2D eigenvalue weighted by atomic mass is 10.0. The first-order valence-corrected chi connectivity index (χ1v) is 6.51. The molecule has 2 rings (SSSR count). The molecule has 1 amide bonds. The van der Waals surface area contributed by atoms with Crippen molar-refractivity contribution in [3.63, 3.8) is 0 Å². The van der Waals surface area contributed by atoms with E-state index in [0.29, 0.717) is 0 Å². The first-order valence-electron chi connectivity index (χ1n) is 6.51. The Morgan fingerprint density at radius 1 is 1.00 bits per heavy atom. The molecule has 0 unspecified atom stereocenters. The molecule has 3 heteroatoms. The fourth-order valence-electron chi connectivity index (χ4n) is 1.99. The van der Waals surface area contributed by atoms with Crippen LogP contribution in [0, 0.1) is 6.92 Å². The number of nitrogens with one attached hydrogen (secondary N) is 1. The zero-order chi connectivity index (χ0) is 14.5. The SMILES string of the molecule is CC(=O)CC(=O)Nc1cc(-c2ccccc2)ccc1C. The van der Waals surface area contributed by atoms with Crippen molar-refractivity contribution < 1.29 is 9.59 Å². The highest BCUT2D eigenvalue weighted by atomic mass is 16.2. The van der Waals surface area contributed by atoms with Gasteiger partial charge in [0.2, 0.25) is 5.91 Å². The van der Waals surface area contributed by atoms with Gasteiger partial charge in [-0.25, -0.2) is 0 Å². The second-order valence-electron chi connectivity index (χ2n) is 4.82. The number of anilines is 1. The molecule has 0 aliphatic carbocycles. The molecule has 0 bridgehead atoms. The fourth-order valence-corrected chi connectivity index (χ4v) is 1.99. The lowest BCUT2D eigenvalue weighted by Crippen LogP contribution is -2.15. The van der Waals surface area contributed by atoms with Gasteiger partial charge in [0, 0.05) is 5.69 Å². The number of Topliss-reactive ketones (excluding diaryl/α,β-unsaturated/α-hetero) is 1. The van der Waals surface area contributed by atoms with Gasteiger partial charge in [0.15, 0.2) is 0 Å². The van der Waals surface area contributed by atoms with Crippen LogP contribution in [0.5, 0.6) is 0 Å². The van der Waals surface area contributed by atoms with Gasteiger partial charge in [0.05, 0.1) is 6.42 Å². The van der Waals surface area contributed by atoms with Gasteiger partial charge >= 0.3 is 0 Å². The topological polar surface area (TPSA) is 46.2 Å². The zero-order valence-corrected chi connectivity index (χ0v) is 11.6. The van der Waals surface area contributed by atoms with Gasteiger partial charge in [0.25, 0.3) is 0 Å². The van der Waals surface area contributed by atoms with Crippen molar-refractivity contribution in [2.45, 2.75) is 20.3 Å². The van der Waals surface area contributed by atoms with Crippen LogP contribution < -0.4 is 5.32 Å². The highest BCUT2D eigenvalue weighted by Gasteiger charge is 2.08. The predicted octanol–water partition coefficient (Wildman–Crippen LogP) is 3.58. The minimum Gasteiger partial charge on any atom is -0.325 e. The summed E-state index contributed by atoms with van der Waals surface area (Å²) in [5, 5.41) is 2.79. The van der Waals surface area contributed by atoms with Crippen LogP contribution >= 0.6 is 0 Å². The maximum atomic E-state index is 11.7. The van der Waals surface area contributed by atoms with Gasteiger partial charge in [-0.1, -0.05) is 42.5 Å². The van der Waals surface area contributed by atoms with Crippen LogP contribution in [0.2, 0.25) is 0 Å². The fraction of sp³-hybridized carbons (Fsp3) is 0.176. The van der Waals surface area contributed by atoms with Crippen LogP contribution in [-0.4, -0.2) is 11.7 Å². The number of carbonyl (C=O) groups is 2. The first-order chi connectivity index (χ1) is 9.56. The molecule has 102 valence electrons. The van der Waals surface area contributed by atoms with Crippen LogP contribution in [0.1, 0.15) is 18.9 Å². The average Bonchev–Trinajstić information content (AvgIpc) is 2.41. The normalized spacial score (nSPS) is 10.1. The predicted molar refractivity (Wildman–Crippen MR) is 80.5 cm³/mol. The Labute approximate surface area is 118 Å². The zero-order valence-electron chi connectivity index (χ0n) is 11.6. The smallest absolute Gasteiger partial charge is 0.231 e. The maximum absolute atomic E-state index is 11.7. The molecule has 20 heavy (non-hydrogen) atoms. The minimum absolute atomic E-state index is 0.0883. The van der Waals surface area contributed by atoms with Crippen LogP contribution in [-0.2, 0) is 9.59 Å². The van der Waals surface area contributed by atoms with Crippen LogP contribution in [0.25, 0.3) is 11.1 Å². The van der Waals surface area contributed by atoms with Crippen molar-refractivity contribution >= 4 is 17.4 Å². The molecular formula is C17H17NO2. The van der Waals surface area contributed by atoms with E-state index in [0.717, 1.165) is 22.4 Å². The van der Waals surface area contributed by atoms with Gasteiger partial charge in [-0.2, -0.15) is 0 Å². The monoisotopic (exact) mass is 267 g/mol. The molecule has 0 atom stereocenters. The van der Waals surface area contributed by atoms with Crippen molar-refractivity contribution in [1.29, 1.82) is 0 Å². The Morgan fingerprint density at radius 3 is 2.35 bits per heavy atom.